The first kappa shape index (κ1) is 12.2. The second-order valence-corrected chi connectivity index (χ2v) is 4.00. The molecule has 102 valence electrons. The Bertz CT molecular complexity index is 740. The number of para-hydroxylation sites is 2. The first-order chi connectivity index (χ1) is 9.78. The normalized spacial score (nSPS) is 10.7. The van der Waals surface area contributed by atoms with Gasteiger partial charge in [0.2, 0.25) is 11.8 Å². The van der Waals surface area contributed by atoms with Crippen LogP contribution in [0.3, 0.4) is 0 Å². The molecular weight excluding hydrogens is 258 g/mol. The fourth-order valence-electron chi connectivity index (χ4n) is 1.82. The lowest BCUT2D eigenvalue weighted by atomic mass is 10.3. The Labute approximate surface area is 114 Å². The number of benzene rings is 1. The SMILES string of the molecule is CCOc1ccccc1Oc1nc(N)nc2[nH]ncc12. The molecule has 0 aliphatic rings. The topological polar surface area (TPSA) is 98.9 Å². The van der Waals surface area contributed by atoms with Crippen LogP contribution in [0.1, 0.15) is 6.92 Å². The van der Waals surface area contributed by atoms with Crippen molar-refractivity contribution in [2.45, 2.75) is 6.92 Å². The van der Waals surface area contributed by atoms with Crippen LogP contribution >= 0.6 is 0 Å². The summed E-state index contributed by atoms with van der Waals surface area (Å²) in [6.45, 7) is 2.46. The van der Waals surface area contributed by atoms with Crippen molar-refractivity contribution in [2.75, 3.05) is 12.3 Å². The molecule has 3 rings (SSSR count). The van der Waals surface area contributed by atoms with E-state index in [9.17, 15) is 0 Å². The van der Waals surface area contributed by atoms with Crippen LogP contribution in [0.5, 0.6) is 17.4 Å². The second kappa shape index (κ2) is 5.04. The Morgan fingerprint density at radius 3 is 2.80 bits per heavy atom. The van der Waals surface area contributed by atoms with Crippen LogP contribution in [0.25, 0.3) is 11.0 Å². The van der Waals surface area contributed by atoms with Crippen LogP contribution < -0.4 is 15.2 Å². The van der Waals surface area contributed by atoms with Crippen LogP contribution in [0, 0.1) is 0 Å². The minimum absolute atomic E-state index is 0.116. The van der Waals surface area contributed by atoms with Gasteiger partial charge >= 0.3 is 0 Å². The highest BCUT2D eigenvalue weighted by Gasteiger charge is 2.12. The van der Waals surface area contributed by atoms with Gasteiger partial charge in [-0.25, -0.2) is 0 Å². The van der Waals surface area contributed by atoms with E-state index < -0.39 is 0 Å². The van der Waals surface area contributed by atoms with Crippen molar-refractivity contribution in [1.29, 1.82) is 0 Å². The highest BCUT2D eigenvalue weighted by Crippen LogP contribution is 2.33. The lowest BCUT2D eigenvalue weighted by molar-refractivity contribution is 0.320. The van der Waals surface area contributed by atoms with E-state index in [4.69, 9.17) is 15.2 Å². The summed E-state index contributed by atoms with van der Waals surface area (Å²) < 4.78 is 11.3. The number of nitrogens with two attached hydrogens (primary N) is 1. The zero-order chi connectivity index (χ0) is 13.9. The highest BCUT2D eigenvalue weighted by molar-refractivity contribution is 5.80. The molecule has 3 aromatic rings. The number of aromatic amines is 1. The number of hydrogen-bond acceptors (Lipinski definition) is 6. The monoisotopic (exact) mass is 271 g/mol. The fourth-order valence-corrected chi connectivity index (χ4v) is 1.82. The van der Waals surface area contributed by atoms with E-state index in [1.54, 1.807) is 12.3 Å². The van der Waals surface area contributed by atoms with Gasteiger partial charge in [0.25, 0.3) is 0 Å². The number of nitrogen functional groups attached to an aromatic ring is 1. The van der Waals surface area contributed by atoms with Gasteiger partial charge in [0.05, 0.1) is 12.8 Å². The largest absolute Gasteiger partial charge is 0.490 e. The number of fused-ring (bicyclic) bond motifs is 1. The van der Waals surface area contributed by atoms with Gasteiger partial charge < -0.3 is 15.2 Å². The Balaban J connectivity index is 2.03. The molecular formula is C13H13N5O2. The number of anilines is 1. The van der Waals surface area contributed by atoms with Crippen LogP contribution in [0.4, 0.5) is 5.95 Å². The second-order valence-electron chi connectivity index (χ2n) is 4.00. The molecule has 1 aromatic carbocycles. The van der Waals surface area contributed by atoms with E-state index in [1.807, 2.05) is 25.1 Å². The molecule has 20 heavy (non-hydrogen) atoms. The van der Waals surface area contributed by atoms with E-state index in [0.29, 0.717) is 35.0 Å². The molecule has 0 aliphatic carbocycles. The lowest BCUT2D eigenvalue weighted by Gasteiger charge is -2.11. The third-order valence-electron chi connectivity index (χ3n) is 2.65. The van der Waals surface area contributed by atoms with Gasteiger partial charge in [0, 0.05) is 0 Å². The number of ether oxygens (including phenoxy) is 2. The fraction of sp³-hybridized carbons (Fsp3) is 0.154. The summed E-state index contributed by atoms with van der Waals surface area (Å²) in [5.74, 6) is 1.66. The van der Waals surface area contributed by atoms with E-state index in [0.717, 1.165) is 0 Å². The zero-order valence-corrected chi connectivity index (χ0v) is 10.8. The van der Waals surface area contributed by atoms with E-state index in [1.165, 1.54) is 0 Å². The molecule has 3 N–H and O–H groups in total. The molecule has 0 radical (unpaired) electrons. The first-order valence-electron chi connectivity index (χ1n) is 6.14. The first-order valence-corrected chi connectivity index (χ1v) is 6.14. The van der Waals surface area contributed by atoms with Gasteiger partial charge in [0.15, 0.2) is 17.1 Å². The zero-order valence-electron chi connectivity index (χ0n) is 10.8. The smallest absolute Gasteiger partial charge is 0.235 e. The van der Waals surface area contributed by atoms with E-state index >= 15 is 0 Å². The maximum Gasteiger partial charge on any atom is 0.235 e. The summed E-state index contributed by atoms with van der Waals surface area (Å²) in [4.78, 5) is 8.13. The van der Waals surface area contributed by atoms with Gasteiger partial charge in [-0.05, 0) is 19.1 Å². The Morgan fingerprint density at radius 2 is 2.00 bits per heavy atom. The summed E-state index contributed by atoms with van der Waals surface area (Å²) in [6, 6.07) is 7.36. The van der Waals surface area contributed by atoms with Crippen molar-refractivity contribution in [3.63, 3.8) is 0 Å². The highest BCUT2D eigenvalue weighted by atomic mass is 16.5. The quantitative estimate of drug-likeness (QED) is 0.754. The summed E-state index contributed by atoms with van der Waals surface area (Å²) in [6.07, 6.45) is 1.59. The third-order valence-corrected chi connectivity index (χ3v) is 2.65. The average molecular weight is 271 g/mol. The summed E-state index contributed by atoms with van der Waals surface area (Å²) in [5.41, 5.74) is 6.18. The number of hydrogen-bond donors (Lipinski definition) is 2. The Kier molecular flexibility index (Phi) is 3.08. The minimum Gasteiger partial charge on any atom is -0.490 e. The Hall–Kier alpha value is -2.83. The molecule has 0 atom stereocenters. The van der Waals surface area contributed by atoms with E-state index in [-0.39, 0.29) is 5.95 Å². The molecule has 0 aliphatic heterocycles. The van der Waals surface area contributed by atoms with Crippen molar-refractivity contribution >= 4 is 17.0 Å². The maximum absolute atomic E-state index is 5.80. The molecule has 7 heteroatoms. The third kappa shape index (κ3) is 2.20. The molecule has 0 saturated carbocycles. The van der Waals surface area contributed by atoms with Crippen molar-refractivity contribution in [2.24, 2.45) is 0 Å². The van der Waals surface area contributed by atoms with Crippen LogP contribution in [0.15, 0.2) is 30.5 Å². The molecule has 0 fully saturated rings. The molecule has 7 nitrogen and oxygen atoms in total. The number of aromatic nitrogens is 4. The predicted molar refractivity (Wildman–Crippen MR) is 73.8 cm³/mol. The molecule has 0 spiro atoms. The molecule has 0 unspecified atom stereocenters. The van der Waals surface area contributed by atoms with Gasteiger partial charge in [-0.2, -0.15) is 15.1 Å². The number of nitrogens with one attached hydrogen (secondary N) is 1. The van der Waals surface area contributed by atoms with Crippen LogP contribution in [-0.4, -0.2) is 26.8 Å². The van der Waals surface area contributed by atoms with Gasteiger partial charge in [-0.3, -0.25) is 5.10 Å². The number of nitrogens with zero attached hydrogens (tertiary/aromatic N) is 3. The van der Waals surface area contributed by atoms with Crippen LogP contribution in [-0.2, 0) is 0 Å². The maximum atomic E-state index is 5.80. The molecule has 0 amide bonds. The number of H-pyrrole nitrogens is 1. The molecule has 0 bridgehead atoms. The van der Waals surface area contributed by atoms with Gasteiger partial charge in [-0.1, -0.05) is 12.1 Å². The molecule has 2 aromatic heterocycles. The van der Waals surface area contributed by atoms with Crippen molar-refractivity contribution < 1.29 is 9.47 Å². The summed E-state index contributed by atoms with van der Waals surface area (Å²) in [7, 11) is 0. The standard InChI is InChI=1S/C13H13N5O2/c1-2-19-9-5-3-4-6-10(9)20-12-8-7-15-18-11(8)16-13(14)17-12/h3-7H,2H2,1H3,(H3,14,15,16,17,18). The predicted octanol–water partition coefficient (Wildman–Crippen LogP) is 2.13. The Morgan fingerprint density at radius 1 is 1.20 bits per heavy atom. The minimum atomic E-state index is 0.116. The van der Waals surface area contributed by atoms with Crippen molar-refractivity contribution in [3.8, 4) is 17.4 Å². The summed E-state index contributed by atoms with van der Waals surface area (Å²) >= 11 is 0. The lowest BCUT2D eigenvalue weighted by Crippen LogP contribution is -1.99. The summed E-state index contributed by atoms with van der Waals surface area (Å²) in [5, 5.41) is 7.30. The van der Waals surface area contributed by atoms with Crippen molar-refractivity contribution in [3.05, 3.63) is 30.5 Å². The molecule has 0 saturated heterocycles. The molecule has 2 heterocycles. The van der Waals surface area contributed by atoms with Crippen molar-refractivity contribution in [1.82, 2.24) is 20.2 Å². The van der Waals surface area contributed by atoms with Crippen LogP contribution in [0.2, 0.25) is 0 Å². The average Bonchev–Trinajstić information content (AvgIpc) is 2.89. The number of rotatable bonds is 4. The van der Waals surface area contributed by atoms with Gasteiger partial charge in [-0.15, -0.1) is 0 Å². The van der Waals surface area contributed by atoms with E-state index in [2.05, 4.69) is 20.2 Å². The van der Waals surface area contributed by atoms with Gasteiger partial charge in [0.1, 0.15) is 5.39 Å².